The van der Waals surface area contributed by atoms with Crippen molar-refractivity contribution in [2.24, 2.45) is 10.5 Å². The van der Waals surface area contributed by atoms with E-state index in [1.54, 1.807) is 30.3 Å². The Morgan fingerprint density at radius 1 is 1.15 bits per heavy atom. The highest BCUT2D eigenvalue weighted by Gasteiger charge is 2.33. The summed E-state index contributed by atoms with van der Waals surface area (Å²) in [5, 5.41) is 10.4. The lowest BCUT2D eigenvalue weighted by molar-refractivity contribution is -0.129. The Hall–Kier alpha value is -2.57. The van der Waals surface area contributed by atoms with Crippen molar-refractivity contribution in [2.45, 2.75) is 20.3 Å². The van der Waals surface area contributed by atoms with Gasteiger partial charge in [-0.1, -0.05) is 49.2 Å². The van der Waals surface area contributed by atoms with Crippen molar-refractivity contribution in [1.29, 1.82) is 0 Å². The van der Waals surface area contributed by atoms with Crippen LogP contribution in [-0.4, -0.2) is 17.6 Å². The number of urea groups is 1. The van der Waals surface area contributed by atoms with Crippen molar-refractivity contribution < 1.29 is 9.59 Å². The standard InChI is InChI=1S/C19H18Cl2N4O2/c1-19(2)10-16(24-25-17(19)26)11-4-3-5-13(8-11)22-18(27)23-15-7-6-12(20)9-14(15)21/h3-9H,10H2,1-2H3,(H,25,26)(H2,22,23,27). The number of carbonyl (C=O) groups excluding carboxylic acids is 2. The van der Waals surface area contributed by atoms with Crippen LogP contribution >= 0.6 is 23.2 Å². The third-order valence-electron chi connectivity index (χ3n) is 4.15. The minimum absolute atomic E-state index is 0.111. The third kappa shape index (κ3) is 4.59. The Bertz CT molecular complexity index is 941. The number of halogens is 2. The molecule has 3 amide bonds. The number of carbonyl (C=O) groups is 2. The van der Waals surface area contributed by atoms with E-state index in [-0.39, 0.29) is 5.91 Å². The predicted molar refractivity (Wildman–Crippen MR) is 109 cm³/mol. The number of benzene rings is 2. The molecule has 27 heavy (non-hydrogen) atoms. The second-order valence-corrected chi connectivity index (χ2v) is 7.69. The van der Waals surface area contributed by atoms with Crippen LogP contribution in [0.15, 0.2) is 47.6 Å². The molecule has 0 aromatic heterocycles. The van der Waals surface area contributed by atoms with Crippen molar-refractivity contribution in [3.63, 3.8) is 0 Å². The van der Waals surface area contributed by atoms with Crippen LogP contribution < -0.4 is 16.1 Å². The highest BCUT2D eigenvalue weighted by Crippen LogP contribution is 2.28. The van der Waals surface area contributed by atoms with E-state index >= 15 is 0 Å². The zero-order valence-corrected chi connectivity index (χ0v) is 16.3. The minimum atomic E-state index is -0.538. The number of hydrogen-bond donors (Lipinski definition) is 3. The highest BCUT2D eigenvalue weighted by molar-refractivity contribution is 6.36. The van der Waals surface area contributed by atoms with Gasteiger partial charge in [0.1, 0.15) is 0 Å². The van der Waals surface area contributed by atoms with E-state index in [0.29, 0.717) is 27.8 Å². The molecule has 0 fully saturated rings. The Morgan fingerprint density at radius 2 is 1.93 bits per heavy atom. The summed E-state index contributed by atoms with van der Waals surface area (Å²) < 4.78 is 0. The summed E-state index contributed by atoms with van der Waals surface area (Å²) in [4.78, 5) is 24.1. The van der Waals surface area contributed by atoms with Gasteiger partial charge in [0.05, 0.1) is 21.8 Å². The van der Waals surface area contributed by atoms with E-state index in [4.69, 9.17) is 23.2 Å². The number of hydrogen-bond acceptors (Lipinski definition) is 3. The Labute approximate surface area is 166 Å². The zero-order chi connectivity index (χ0) is 19.6. The summed E-state index contributed by atoms with van der Waals surface area (Å²) >= 11 is 11.9. The maximum absolute atomic E-state index is 12.3. The molecule has 0 aliphatic carbocycles. The average Bonchev–Trinajstić information content (AvgIpc) is 2.60. The minimum Gasteiger partial charge on any atom is -0.308 e. The summed E-state index contributed by atoms with van der Waals surface area (Å²) in [6, 6.07) is 11.6. The predicted octanol–water partition coefficient (Wildman–Crippen LogP) is 4.89. The van der Waals surface area contributed by atoms with E-state index in [1.807, 2.05) is 26.0 Å². The topological polar surface area (TPSA) is 82.6 Å². The molecule has 2 aromatic carbocycles. The van der Waals surface area contributed by atoms with Gasteiger partial charge in [0.2, 0.25) is 5.91 Å². The number of nitrogens with one attached hydrogen (secondary N) is 3. The van der Waals surface area contributed by atoms with Gasteiger partial charge in [-0.15, -0.1) is 0 Å². The molecular formula is C19H18Cl2N4O2. The van der Waals surface area contributed by atoms with E-state index < -0.39 is 11.4 Å². The van der Waals surface area contributed by atoms with Crippen molar-refractivity contribution in [2.75, 3.05) is 10.6 Å². The molecule has 3 N–H and O–H groups in total. The van der Waals surface area contributed by atoms with E-state index in [1.165, 1.54) is 0 Å². The van der Waals surface area contributed by atoms with Gasteiger partial charge in [0.15, 0.2) is 0 Å². The van der Waals surface area contributed by atoms with Crippen molar-refractivity contribution in [1.82, 2.24) is 5.43 Å². The first-order valence-corrected chi connectivity index (χ1v) is 9.01. The van der Waals surface area contributed by atoms with Crippen LogP contribution in [-0.2, 0) is 4.79 Å². The van der Waals surface area contributed by atoms with E-state index in [0.717, 1.165) is 11.3 Å². The lowest BCUT2D eigenvalue weighted by Crippen LogP contribution is -2.40. The van der Waals surface area contributed by atoms with Gasteiger partial charge in [0.25, 0.3) is 0 Å². The molecule has 0 saturated carbocycles. The number of anilines is 2. The number of hydrazone groups is 1. The van der Waals surface area contributed by atoms with Crippen LogP contribution in [0.4, 0.5) is 16.2 Å². The summed E-state index contributed by atoms with van der Waals surface area (Å²) in [5.41, 5.74) is 4.63. The Kier molecular flexibility index (Phi) is 5.39. The van der Waals surface area contributed by atoms with Crippen LogP contribution in [0.2, 0.25) is 10.0 Å². The van der Waals surface area contributed by atoms with Gasteiger partial charge in [-0.25, -0.2) is 10.2 Å². The largest absolute Gasteiger partial charge is 0.323 e. The van der Waals surface area contributed by atoms with Crippen LogP contribution in [0, 0.1) is 5.41 Å². The molecule has 6 nitrogen and oxygen atoms in total. The maximum Gasteiger partial charge on any atom is 0.323 e. The van der Waals surface area contributed by atoms with Gasteiger partial charge in [-0.05, 0) is 35.9 Å². The van der Waals surface area contributed by atoms with Gasteiger partial charge in [0, 0.05) is 17.1 Å². The Balaban J connectivity index is 1.72. The van der Waals surface area contributed by atoms with Crippen molar-refractivity contribution >= 4 is 52.2 Å². The lowest BCUT2D eigenvalue weighted by atomic mass is 9.83. The molecule has 3 rings (SSSR count). The maximum atomic E-state index is 12.3. The quantitative estimate of drug-likeness (QED) is 0.680. The fraction of sp³-hybridized carbons (Fsp3) is 0.211. The fourth-order valence-electron chi connectivity index (χ4n) is 2.63. The van der Waals surface area contributed by atoms with Gasteiger partial charge in [-0.2, -0.15) is 5.10 Å². The number of nitrogens with zero attached hydrogens (tertiary/aromatic N) is 1. The molecule has 0 bridgehead atoms. The molecule has 1 aliphatic rings. The van der Waals surface area contributed by atoms with Crippen molar-refractivity contribution in [3.8, 4) is 0 Å². The molecule has 140 valence electrons. The molecule has 1 heterocycles. The normalized spacial score (nSPS) is 15.6. The molecule has 2 aromatic rings. The molecule has 0 spiro atoms. The summed E-state index contributed by atoms with van der Waals surface area (Å²) in [6.07, 6.45) is 0.509. The van der Waals surface area contributed by atoms with E-state index in [9.17, 15) is 9.59 Å². The van der Waals surface area contributed by atoms with E-state index in [2.05, 4.69) is 21.2 Å². The third-order valence-corrected chi connectivity index (χ3v) is 4.70. The molecule has 0 unspecified atom stereocenters. The second-order valence-electron chi connectivity index (χ2n) is 6.84. The zero-order valence-electron chi connectivity index (χ0n) is 14.8. The molecule has 0 radical (unpaired) electrons. The lowest BCUT2D eigenvalue weighted by Gasteiger charge is -2.27. The summed E-state index contributed by atoms with van der Waals surface area (Å²) in [6.45, 7) is 3.73. The highest BCUT2D eigenvalue weighted by atomic mass is 35.5. The summed E-state index contributed by atoms with van der Waals surface area (Å²) in [5.74, 6) is -0.111. The van der Waals surface area contributed by atoms with Crippen LogP contribution in [0.5, 0.6) is 0 Å². The SMILES string of the molecule is CC1(C)CC(c2cccc(NC(=O)Nc3ccc(Cl)cc3Cl)c2)=NNC1=O. The Morgan fingerprint density at radius 3 is 2.63 bits per heavy atom. The molecule has 0 saturated heterocycles. The van der Waals surface area contributed by atoms with Crippen LogP contribution in [0.1, 0.15) is 25.8 Å². The second kappa shape index (κ2) is 7.58. The monoisotopic (exact) mass is 404 g/mol. The van der Waals surface area contributed by atoms with Gasteiger partial charge >= 0.3 is 6.03 Å². The molecular weight excluding hydrogens is 387 g/mol. The van der Waals surface area contributed by atoms with Crippen molar-refractivity contribution in [3.05, 3.63) is 58.1 Å². The van der Waals surface area contributed by atoms with Crippen LogP contribution in [0.25, 0.3) is 0 Å². The molecule has 8 heteroatoms. The summed E-state index contributed by atoms with van der Waals surface area (Å²) in [7, 11) is 0. The fourth-order valence-corrected chi connectivity index (χ4v) is 3.08. The van der Waals surface area contributed by atoms with Gasteiger partial charge < -0.3 is 10.6 Å². The van der Waals surface area contributed by atoms with Gasteiger partial charge in [-0.3, -0.25) is 4.79 Å². The smallest absolute Gasteiger partial charge is 0.308 e. The number of amides is 3. The molecule has 1 aliphatic heterocycles. The average molecular weight is 405 g/mol. The first-order chi connectivity index (χ1) is 12.7. The number of rotatable bonds is 3. The molecule has 0 atom stereocenters. The first-order valence-electron chi connectivity index (χ1n) is 8.25. The van der Waals surface area contributed by atoms with Crippen LogP contribution in [0.3, 0.4) is 0 Å². The first kappa shape index (κ1) is 19.2.